The molecular weight excluding hydrogens is 371 g/mol. The fraction of sp³-hybridized carbons (Fsp3) is 0.125. The topological polar surface area (TPSA) is 94.6 Å². The van der Waals surface area contributed by atoms with Crippen LogP contribution in [0, 0.1) is 0 Å². The SMILES string of the molecule is COC(=O)c1cc(NC(=O)c2ccc(Cl)nc2Cl)cc(C(=O)OC)c1. The highest BCUT2D eigenvalue weighted by molar-refractivity contribution is 6.35. The number of rotatable bonds is 4. The van der Waals surface area contributed by atoms with Crippen LogP contribution in [-0.2, 0) is 9.47 Å². The Morgan fingerprint density at radius 1 is 0.960 bits per heavy atom. The third-order valence-corrected chi connectivity index (χ3v) is 3.59. The molecule has 0 saturated heterocycles. The fourth-order valence-electron chi connectivity index (χ4n) is 1.95. The molecule has 7 nitrogen and oxygen atoms in total. The van der Waals surface area contributed by atoms with E-state index in [2.05, 4.69) is 19.8 Å². The highest BCUT2D eigenvalue weighted by Gasteiger charge is 2.17. The number of halogens is 2. The molecule has 9 heteroatoms. The second kappa shape index (κ2) is 7.96. The lowest BCUT2D eigenvalue weighted by Gasteiger charge is -2.10. The zero-order valence-corrected chi connectivity index (χ0v) is 14.6. The Morgan fingerprint density at radius 3 is 2.00 bits per heavy atom. The number of esters is 2. The van der Waals surface area contributed by atoms with E-state index in [0.29, 0.717) is 0 Å². The van der Waals surface area contributed by atoms with Crippen molar-refractivity contribution in [2.75, 3.05) is 19.5 Å². The molecule has 0 atom stereocenters. The fourth-order valence-corrected chi connectivity index (χ4v) is 2.38. The number of aromatic nitrogens is 1. The van der Waals surface area contributed by atoms with Gasteiger partial charge < -0.3 is 14.8 Å². The van der Waals surface area contributed by atoms with Crippen LogP contribution in [-0.4, -0.2) is 37.0 Å². The van der Waals surface area contributed by atoms with E-state index in [-0.39, 0.29) is 32.7 Å². The van der Waals surface area contributed by atoms with Gasteiger partial charge in [0.2, 0.25) is 0 Å². The molecule has 0 aliphatic heterocycles. The third-order valence-electron chi connectivity index (χ3n) is 3.09. The van der Waals surface area contributed by atoms with Crippen molar-refractivity contribution < 1.29 is 23.9 Å². The van der Waals surface area contributed by atoms with E-state index in [1.165, 1.54) is 44.6 Å². The van der Waals surface area contributed by atoms with E-state index in [1.807, 2.05) is 0 Å². The van der Waals surface area contributed by atoms with Crippen molar-refractivity contribution in [3.05, 3.63) is 57.3 Å². The molecule has 130 valence electrons. The summed E-state index contributed by atoms with van der Waals surface area (Å²) in [5.74, 6) is -1.94. The summed E-state index contributed by atoms with van der Waals surface area (Å²) in [7, 11) is 2.40. The average Bonchev–Trinajstić information content (AvgIpc) is 2.59. The second-order valence-electron chi connectivity index (χ2n) is 4.71. The maximum Gasteiger partial charge on any atom is 0.337 e. The Bertz CT molecular complexity index is 820. The van der Waals surface area contributed by atoms with Crippen molar-refractivity contribution in [3.63, 3.8) is 0 Å². The molecule has 0 aliphatic carbocycles. The first-order valence-corrected chi connectivity index (χ1v) is 7.56. The monoisotopic (exact) mass is 382 g/mol. The molecule has 1 aromatic heterocycles. The minimum Gasteiger partial charge on any atom is -0.465 e. The standard InChI is InChI=1S/C16H12Cl2N2O5/c1-24-15(22)8-5-9(16(23)25-2)7-10(6-8)19-14(21)11-3-4-12(17)20-13(11)18/h3-7H,1-2H3,(H,19,21). The van der Waals surface area contributed by atoms with Gasteiger partial charge in [-0.3, -0.25) is 4.79 Å². The van der Waals surface area contributed by atoms with Gasteiger partial charge in [0.1, 0.15) is 10.3 Å². The van der Waals surface area contributed by atoms with Crippen molar-refractivity contribution in [2.45, 2.75) is 0 Å². The van der Waals surface area contributed by atoms with Crippen LogP contribution in [0.1, 0.15) is 31.1 Å². The zero-order chi connectivity index (χ0) is 18.6. The van der Waals surface area contributed by atoms with E-state index in [0.717, 1.165) is 0 Å². The van der Waals surface area contributed by atoms with Crippen molar-refractivity contribution in [1.29, 1.82) is 0 Å². The second-order valence-corrected chi connectivity index (χ2v) is 5.45. The molecule has 0 radical (unpaired) electrons. The Kier molecular flexibility index (Phi) is 5.95. The molecule has 2 rings (SSSR count). The smallest absolute Gasteiger partial charge is 0.337 e. The summed E-state index contributed by atoms with van der Waals surface area (Å²) in [4.78, 5) is 39.6. The Hall–Kier alpha value is -2.64. The molecule has 1 heterocycles. The molecule has 1 aromatic carbocycles. The van der Waals surface area contributed by atoms with E-state index >= 15 is 0 Å². The maximum absolute atomic E-state index is 12.3. The molecule has 0 spiro atoms. The molecule has 0 fully saturated rings. The number of ether oxygens (including phenoxy) is 2. The van der Waals surface area contributed by atoms with Crippen LogP contribution in [0.15, 0.2) is 30.3 Å². The predicted octanol–water partition coefficient (Wildman–Crippen LogP) is 3.21. The Labute approximate surface area is 152 Å². The lowest BCUT2D eigenvalue weighted by atomic mass is 10.1. The van der Waals surface area contributed by atoms with Crippen LogP contribution in [0.5, 0.6) is 0 Å². The molecule has 0 saturated carbocycles. The number of carbonyl (C=O) groups is 3. The first-order chi connectivity index (χ1) is 11.8. The summed E-state index contributed by atoms with van der Waals surface area (Å²) in [6, 6.07) is 6.82. The number of amides is 1. The molecular formula is C16H12Cl2N2O5. The van der Waals surface area contributed by atoms with E-state index < -0.39 is 17.8 Å². The number of pyridine rings is 1. The van der Waals surface area contributed by atoms with Crippen molar-refractivity contribution in [3.8, 4) is 0 Å². The molecule has 25 heavy (non-hydrogen) atoms. The van der Waals surface area contributed by atoms with Crippen LogP contribution >= 0.6 is 23.2 Å². The largest absolute Gasteiger partial charge is 0.465 e. The van der Waals surface area contributed by atoms with Gasteiger partial charge >= 0.3 is 11.9 Å². The number of hydrogen-bond acceptors (Lipinski definition) is 6. The highest BCUT2D eigenvalue weighted by Crippen LogP contribution is 2.21. The van der Waals surface area contributed by atoms with Crippen LogP contribution in [0.2, 0.25) is 10.3 Å². The van der Waals surface area contributed by atoms with Crippen LogP contribution in [0.3, 0.4) is 0 Å². The number of nitrogens with zero attached hydrogens (tertiary/aromatic N) is 1. The van der Waals surface area contributed by atoms with Crippen molar-refractivity contribution >= 4 is 46.7 Å². The maximum atomic E-state index is 12.3. The normalized spacial score (nSPS) is 10.1. The average molecular weight is 383 g/mol. The number of benzene rings is 1. The summed E-state index contributed by atoms with van der Waals surface area (Å²) in [5.41, 5.74) is 0.399. The van der Waals surface area contributed by atoms with Gasteiger partial charge in [0.25, 0.3) is 5.91 Å². The summed E-state index contributed by atoms with van der Waals surface area (Å²) in [6.45, 7) is 0. The van der Waals surface area contributed by atoms with Gasteiger partial charge in [-0.25, -0.2) is 14.6 Å². The number of nitrogens with one attached hydrogen (secondary N) is 1. The van der Waals surface area contributed by atoms with Crippen molar-refractivity contribution in [1.82, 2.24) is 4.98 Å². The Morgan fingerprint density at radius 2 is 1.52 bits per heavy atom. The minimum absolute atomic E-state index is 0.0704. The van der Waals surface area contributed by atoms with Gasteiger partial charge in [0.15, 0.2) is 0 Å². The summed E-state index contributed by atoms with van der Waals surface area (Å²) in [6.07, 6.45) is 0. The molecule has 0 bridgehead atoms. The van der Waals surface area contributed by atoms with Gasteiger partial charge in [0.05, 0.1) is 30.9 Å². The van der Waals surface area contributed by atoms with Gasteiger partial charge in [-0.2, -0.15) is 0 Å². The molecule has 0 aliphatic rings. The Balaban J connectivity index is 2.38. The summed E-state index contributed by atoms with van der Waals surface area (Å²) >= 11 is 11.6. The minimum atomic E-state index is -0.674. The van der Waals surface area contributed by atoms with Crippen LogP contribution in [0.4, 0.5) is 5.69 Å². The highest BCUT2D eigenvalue weighted by atomic mass is 35.5. The summed E-state index contributed by atoms with van der Waals surface area (Å²) in [5, 5.41) is 2.59. The molecule has 1 amide bonds. The lowest BCUT2D eigenvalue weighted by Crippen LogP contribution is -2.15. The molecule has 2 aromatic rings. The van der Waals surface area contributed by atoms with E-state index in [4.69, 9.17) is 23.2 Å². The third kappa shape index (κ3) is 4.46. The van der Waals surface area contributed by atoms with Gasteiger partial charge in [-0.05, 0) is 30.3 Å². The first-order valence-electron chi connectivity index (χ1n) is 6.81. The summed E-state index contributed by atoms with van der Waals surface area (Å²) < 4.78 is 9.26. The number of methoxy groups -OCH3 is 2. The van der Waals surface area contributed by atoms with Gasteiger partial charge in [-0.1, -0.05) is 23.2 Å². The molecule has 1 N–H and O–H groups in total. The first kappa shape index (κ1) is 18.7. The molecule has 0 unspecified atom stereocenters. The number of carbonyl (C=O) groups excluding carboxylic acids is 3. The van der Waals surface area contributed by atoms with E-state index in [9.17, 15) is 14.4 Å². The quantitative estimate of drug-likeness (QED) is 0.644. The van der Waals surface area contributed by atoms with Gasteiger partial charge in [0, 0.05) is 5.69 Å². The lowest BCUT2D eigenvalue weighted by molar-refractivity contribution is 0.0599. The van der Waals surface area contributed by atoms with Crippen LogP contribution < -0.4 is 5.32 Å². The number of hydrogen-bond donors (Lipinski definition) is 1. The van der Waals surface area contributed by atoms with Crippen LogP contribution in [0.25, 0.3) is 0 Å². The van der Waals surface area contributed by atoms with Crippen molar-refractivity contribution in [2.24, 2.45) is 0 Å². The predicted molar refractivity (Wildman–Crippen MR) is 91.3 cm³/mol. The van der Waals surface area contributed by atoms with E-state index in [1.54, 1.807) is 0 Å². The number of anilines is 1. The zero-order valence-electron chi connectivity index (χ0n) is 13.1. The van der Waals surface area contributed by atoms with Gasteiger partial charge in [-0.15, -0.1) is 0 Å².